The molecule has 0 spiro atoms. The van der Waals surface area contributed by atoms with Crippen LogP contribution in [0.15, 0.2) is 66.7 Å². The van der Waals surface area contributed by atoms with Crippen molar-refractivity contribution >= 4 is 5.57 Å². The molecule has 0 aromatic heterocycles. The van der Waals surface area contributed by atoms with Gasteiger partial charge in [-0.25, -0.2) is 0 Å². The van der Waals surface area contributed by atoms with Crippen LogP contribution in [-0.4, -0.2) is 0 Å². The third-order valence-corrected chi connectivity index (χ3v) is 2.41. The Labute approximate surface area is 100 Å². The van der Waals surface area contributed by atoms with Crippen LogP contribution in [-0.2, 0) is 0 Å². The van der Waals surface area contributed by atoms with Crippen LogP contribution < -0.4 is 0 Å². The molecule has 0 N–H and O–H groups in total. The molecule has 2 aromatic rings. The Kier molecular flexibility index (Phi) is 2.77. The summed E-state index contributed by atoms with van der Waals surface area (Å²) in [6, 6.07) is 20.0. The molecule has 0 nitrogen and oxygen atoms in total. The molecule has 0 saturated carbocycles. The van der Waals surface area contributed by atoms with Crippen molar-refractivity contribution in [1.82, 2.24) is 0 Å². The van der Waals surface area contributed by atoms with Crippen molar-refractivity contribution in [1.29, 1.82) is 0 Å². The third kappa shape index (κ3) is 2.40. The fourth-order valence-corrected chi connectivity index (χ4v) is 1.69. The van der Waals surface area contributed by atoms with Crippen molar-refractivity contribution in [3.05, 3.63) is 77.8 Å². The minimum Gasteiger partial charge on any atom is -0.0763 e. The minimum absolute atomic E-state index is 0.354. The van der Waals surface area contributed by atoms with Crippen LogP contribution in [0.2, 0.25) is 0 Å². The van der Waals surface area contributed by atoms with E-state index in [9.17, 15) is 0 Å². The summed E-state index contributed by atoms with van der Waals surface area (Å²) in [4.78, 5) is 0. The summed E-state index contributed by atoms with van der Waals surface area (Å²) >= 11 is 0. The summed E-state index contributed by atoms with van der Waals surface area (Å²) < 4.78 is 15.9. The SMILES string of the molecule is [2H]C(=C(c1ccccc1)c1ccccc1)C([2H])C. The summed E-state index contributed by atoms with van der Waals surface area (Å²) in [6.07, 6.45) is -0.527. The molecule has 1 unspecified atom stereocenters. The van der Waals surface area contributed by atoms with Gasteiger partial charge in [0.25, 0.3) is 0 Å². The first kappa shape index (κ1) is 8.35. The quantitative estimate of drug-likeness (QED) is 0.698. The monoisotopic (exact) mass is 210 g/mol. The van der Waals surface area contributed by atoms with Crippen LogP contribution >= 0.6 is 0 Å². The van der Waals surface area contributed by atoms with Crippen LogP contribution in [0, 0.1) is 0 Å². The molecule has 2 rings (SSSR count). The van der Waals surface area contributed by atoms with Gasteiger partial charge in [-0.15, -0.1) is 0 Å². The van der Waals surface area contributed by atoms with Crippen molar-refractivity contribution in [2.75, 3.05) is 0 Å². The van der Waals surface area contributed by atoms with Crippen molar-refractivity contribution in [3.63, 3.8) is 0 Å². The van der Waals surface area contributed by atoms with Crippen molar-refractivity contribution < 1.29 is 2.74 Å². The second-order valence-corrected chi connectivity index (χ2v) is 3.54. The highest BCUT2D eigenvalue weighted by molar-refractivity contribution is 5.79. The molecule has 0 aliphatic carbocycles. The highest BCUT2D eigenvalue weighted by Crippen LogP contribution is 2.23. The highest BCUT2D eigenvalue weighted by atomic mass is 14.1. The van der Waals surface area contributed by atoms with E-state index in [1.807, 2.05) is 60.7 Å². The highest BCUT2D eigenvalue weighted by Gasteiger charge is 2.02. The van der Waals surface area contributed by atoms with E-state index < -0.39 is 6.40 Å². The molecule has 80 valence electrons. The largest absolute Gasteiger partial charge is 0.0763 e. The maximum absolute atomic E-state index is 8.15. The van der Waals surface area contributed by atoms with Gasteiger partial charge in [0.2, 0.25) is 0 Å². The smallest absolute Gasteiger partial charge is 0.0582 e. The van der Waals surface area contributed by atoms with Gasteiger partial charge in [0, 0.05) is 1.37 Å². The van der Waals surface area contributed by atoms with E-state index in [0.717, 1.165) is 16.7 Å². The number of allylic oxidation sites excluding steroid dienone is 1. The Balaban J connectivity index is 2.60. The van der Waals surface area contributed by atoms with E-state index in [4.69, 9.17) is 2.74 Å². The first-order chi connectivity index (χ1) is 8.70. The Hall–Kier alpha value is -1.82. The van der Waals surface area contributed by atoms with E-state index in [0.29, 0.717) is 6.05 Å². The van der Waals surface area contributed by atoms with Crippen LogP contribution in [0.5, 0.6) is 0 Å². The molecule has 0 bridgehead atoms. The minimum atomic E-state index is -0.527. The van der Waals surface area contributed by atoms with Crippen LogP contribution in [0.3, 0.4) is 0 Å². The molecule has 2 aromatic carbocycles. The molecule has 0 aliphatic rings. The summed E-state index contributed by atoms with van der Waals surface area (Å²) in [5.41, 5.74) is 2.83. The normalized spacial score (nSPS) is 13.6. The number of hydrogen-bond acceptors (Lipinski definition) is 0. The zero-order valence-electron chi connectivity index (χ0n) is 11.4. The molecular weight excluding hydrogens is 192 g/mol. The Morgan fingerprint density at radius 3 is 1.81 bits per heavy atom. The van der Waals surface area contributed by atoms with E-state index >= 15 is 0 Å². The molecule has 0 aliphatic heterocycles. The lowest BCUT2D eigenvalue weighted by Crippen LogP contribution is -1.87. The van der Waals surface area contributed by atoms with Crippen molar-refractivity contribution in [2.24, 2.45) is 0 Å². The number of benzene rings is 2. The number of hydrogen-bond donors (Lipinski definition) is 0. The first-order valence-corrected chi connectivity index (χ1v) is 5.44. The molecule has 0 amide bonds. The second kappa shape index (κ2) is 5.32. The third-order valence-electron chi connectivity index (χ3n) is 2.41. The predicted molar refractivity (Wildman–Crippen MR) is 70.3 cm³/mol. The Morgan fingerprint density at radius 2 is 1.44 bits per heavy atom. The van der Waals surface area contributed by atoms with Gasteiger partial charge in [-0.05, 0) is 23.1 Å². The lowest BCUT2D eigenvalue weighted by Gasteiger charge is -2.07. The zero-order chi connectivity index (χ0) is 13.0. The van der Waals surface area contributed by atoms with Crippen LogP contribution in [0.4, 0.5) is 0 Å². The molecule has 0 radical (unpaired) electrons. The maximum Gasteiger partial charge on any atom is 0.0582 e. The topological polar surface area (TPSA) is 0 Å². The van der Waals surface area contributed by atoms with Gasteiger partial charge in [0.1, 0.15) is 0 Å². The number of rotatable bonds is 3. The van der Waals surface area contributed by atoms with Crippen LogP contribution in [0.1, 0.15) is 27.2 Å². The van der Waals surface area contributed by atoms with E-state index in [2.05, 4.69) is 0 Å². The standard InChI is InChI=1S/C16H16/c1-2-9-16(14-10-5-3-6-11-14)15-12-7-4-8-13-15/h3-13H,2H2,1H3/i2D,9D. The zero-order valence-corrected chi connectivity index (χ0v) is 9.35. The Morgan fingerprint density at radius 1 is 1.00 bits per heavy atom. The molecule has 0 fully saturated rings. The average molecular weight is 210 g/mol. The molecule has 16 heavy (non-hydrogen) atoms. The van der Waals surface area contributed by atoms with Crippen molar-refractivity contribution in [3.8, 4) is 0 Å². The molecule has 0 saturated heterocycles. The summed E-state index contributed by atoms with van der Waals surface area (Å²) in [5.74, 6) is 0. The van der Waals surface area contributed by atoms with Gasteiger partial charge >= 0.3 is 0 Å². The van der Waals surface area contributed by atoms with Gasteiger partial charge in [0.15, 0.2) is 0 Å². The second-order valence-electron chi connectivity index (χ2n) is 3.54. The van der Waals surface area contributed by atoms with Gasteiger partial charge < -0.3 is 0 Å². The van der Waals surface area contributed by atoms with E-state index in [1.54, 1.807) is 6.92 Å². The average Bonchev–Trinajstić information content (AvgIpc) is 2.41. The van der Waals surface area contributed by atoms with Crippen LogP contribution in [0.25, 0.3) is 5.57 Å². The van der Waals surface area contributed by atoms with Gasteiger partial charge in [-0.3, -0.25) is 0 Å². The molecule has 1 atom stereocenters. The molecule has 0 heteroatoms. The van der Waals surface area contributed by atoms with E-state index in [-0.39, 0.29) is 0 Å². The summed E-state index contributed by atoms with van der Waals surface area (Å²) in [6.45, 7) is 1.73. The lowest BCUT2D eigenvalue weighted by atomic mass is 9.97. The molecule has 0 heterocycles. The van der Waals surface area contributed by atoms with Gasteiger partial charge in [-0.2, -0.15) is 0 Å². The summed E-state index contributed by atoms with van der Waals surface area (Å²) in [7, 11) is 0. The van der Waals surface area contributed by atoms with E-state index in [1.165, 1.54) is 0 Å². The molecular formula is C16H16. The van der Waals surface area contributed by atoms with Crippen molar-refractivity contribution in [2.45, 2.75) is 13.3 Å². The van der Waals surface area contributed by atoms with Gasteiger partial charge in [0.05, 0.1) is 1.37 Å². The fourth-order valence-electron chi connectivity index (χ4n) is 1.69. The Bertz CT molecular complexity index is 486. The van der Waals surface area contributed by atoms with Gasteiger partial charge in [-0.1, -0.05) is 73.6 Å². The predicted octanol–water partition coefficient (Wildman–Crippen LogP) is 4.53. The maximum atomic E-state index is 8.15. The fraction of sp³-hybridized carbons (Fsp3) is 0.125. The lowest BCUT2D eigenvalue weighted by molar-refractivity contribution is 1.22. The summed E-state index contributed by atoms with van der Waals surface area (Å²) in [5, 5.41) is 0. The first-order valence-electron chi connectivity index (χ1n) is 6.51.